The molecule has 2 aromatic carbocycles. The summed E-state index contributed by atoms with van der Waals surface area (Å²) in [6, 6.07) is 15.2. The standard InChI is InChI=1S/C24H20FN5O2/c1-32-22-13-16(25)5-6-20(22)29-24(31)28-19-3-2-4-21-18(19)9-12-30(21)14-15-7-10-26-23-17(15)8-11-27-23/h2-13H,14H2,1H3,(H,26,27)(H2,28,29,31). The van der Waals surface area contributed by atoms with Crippen LogP contribution >= 0.6 is 0 Å². The number of nitrogens with one attached hydrogen (secondary N) is 3. The lowest BCUT2D eigenvalue weighted by atomic mass is 10.2. The molecule has 0 radical (unpaired) electrons. The minimum atomic E-state index is -0.446. The number of carbonyl (C=O) groups excluding carboxylic acids is 1. The van der Waals surface area contributed by atoms with Crippen LogP contribution in [0.3, 0.4) is 0 Å². The summed E-state index contributed by atoms with van der Waals surface area (Å²) in [5, 5.41) is 7.57. The van der Waals surface area contributed by atoms with Crippen molar-refractivity contribution in [1.29, 1.82) is 0 Å². The fourth-order valence-electron chi connectivity index (χ4n) is 3.85. The molecule has 3 heterocycles. The van der Waals surface area contributed by atoms with Crippen molar-refractivity contribution in [2.75, 3.05) is 17.7 Å². The van der Waals surface area contributed by atoms with Gasteiger partial charge in [-0.25, -0.2) is 14.2 Å². The topological polar surface area (TPSA) is 84.0 Å². The number of hydrogen-bond donors (Lipinski definition) is 3. The molecular weight excluding hydrogens is 409 g/mol. The normalized spacial score (nSPS) is 11.1. The number of fused-ring (bicyclic) bond motifs is 2. The first-order valence-corrected chi connectivity index (χ1v) is 10.0. The summed E-state index contributed by atoms with van der Waals surface area (Å²) >= 11 is 0. The number of anilines is 2. The monoisotopic (exact) mass is 429 g/mol. The Balaban J connectivity index is 1.40. The van der Waals surface area contributed by atoms with Gasteiger partial charge >= 0.3 is 6.03 Å². The summed E-state index contributed by atoms with van der Waals surface area (Å²) in [5.41, 5.74) is 4.04. The Morgan fingerprint density at radius 2 is 1.97 bits per heavy atom. The van der Waals surface area contributed by atoms with Gasteiger partial charge in [0.15, 0.2) is 0 Å². The predicted octanol–water partition coefficient (Wildman–Crippen LogP) is 5.36. The Hall–Kier alpha value is -4.33. The van der Waals surface area contributed by atoms with Crippen LogP contribution in [-0.2, 0) is 6.54 Å². The number of amides is 2. The number of urea groups is 1. The van der Waals surface area contributed by atoms with Gasteiger partial charge in [-0.3, -0.25) is 0 Å². The van der Waals surface area contributed by atoms with Crippen molar-refractivity contribution in [1.82, 2.24) is 14.5 Å². The smallest absolute Gasteiger partial charge is 0.323 e. The minimum Gasteiger partial charge on any atom is -0.494 e. The van der Waals surface area contributed by atoms with E-state index in [1.54, 1.807) is 6.20 Å². The molecule has 5 aromatic rings. The number of carbonyl (C=O) groups is 1. The van der Waals surface area contributed by atoms with Gasteiger partial charge in [-0.1, -0.05) is 6.07 Å². The Labute approximate surface area is 182 Å². The van der Waals surface area contributed by atoms with Gasteiger partial charge in [0.05, 0.1) is 24.0 Å². The largest absolute Gasteiger partial charge is 0.494 e. The van der Waals surface area contributed by atoms with Gasteiger partial charge < -0.3 is 24.9 Å². The summed E-state index contributed by atoms with van der Waals surface area (Å²) in [6.45, 7) is 0.669. The van der Waals surface area contributed by atoms with Crippen molar-refractivity contribution in [2.45, 2.75) is 6.54 Å². The zero-order valence-electron chi connectivity index (χ0n) is 17.2. The van der Waals surface area contributed by atoms with E-state index in [1.165, 1.54) is 25.3 Å². The number of rotatable bonds is 5. The number of H-pyrrole nitrogens is 1. The maximum Gasteiger partial charge on any atom is 0.323 e. The van der Waals surface area contributed by atoms with E-state index in [9.17, 15) is 9.18 Å². The highest BCUT2D eigenvalue weighted by molar-refractivity contribution is 6.06. The van der Waals surface area contributed by atoms with E-state index < -0.39 is 11.8 Å². The van der Waals surface area contributed by atoms with Gasteiger partial charge in [0, 0.05) is 42.0 Å². The summed E-state index contributed by atoms with van der Waals surface area (Å²) < 4.78 is 20.7. The Kier molecular flexibility index (Phi) is 4.95. The molecule has 0 bridgehead atoms. The molecule has 8 heteroatoms. The number of nitrogens with zero attached hydrogens (tertiary/aromatic N) is 2. The van der Waals surface area contributed by atoms with Crippen molar-refractivity contribution >= 4 is 39.3 Å². The van der Waals surface area contributed by atoms with E-state index in [0.717, 1.165) is 27.5 Å². The molecule has 2 amide bonds. The third-order valence-electron chi connectivity index (χ3n) is 5.36. The van der Waals surface area contributed by atoms with Crippen LogP contribution in [0.25, 0.3) is 21.9 Å². The number of hydrogen-bond acceptors (Lipinski definition) is 3. The fourth-order valence-corrected chi connectivity index (χ4v) is 3.85. The fraction of sp³-hybridized carbons (Fsp3) is 0.0833. The number of aromatic amines is 1. The third-order valence-corrected chi connectivity index (χ3v) is 5.36. The molecule has 0 fully saturated rings. The molecule has 0 saturated heterocycles. The van der Waals surface area contributed by atoms with E-state index in [1.807, 2.05) is 48.8 Å². The first-order valence-electron chi connectivity index (χ1n) is 10.0. The van der Waals surface area contributed by atoms with E-state index in [2.05, 4.69) is 25.2 Å². The van der Waals surface area contributed by atoms with Crippen molar-refractivity contribution < 1.29 is 13.9 Å². The first-order chi connectivity index (χ1) is 15.6. The lowest BCUT2D eigenvalue weighted by Gasteiger charge is -2.12. The van der Waals surface area contributed by atoms with E-state index in [-0.39, 0.29) is 5.75 Å². The molecule has 160 valence electrons. The molecule has 0 spiro atoms. The molecule has 0 aliphatic heterocycles. The van der Waals surface area contributed by atoms with Crippen LogP contribution in [0.2, 0.25) is 0 Å². The summed E-state index contributed by atoms with van der Waals surface area (Å²) in [4.78, 5) is 20.1. The number of benzene rings is 2. The zero-order valence-corrected chi connectivity index (χ0v) is 17.2. The highest BCUT2D eigenvalue weighted by atomic mass is 19.1. The van der Waals surface area contributed by atoms with Gasteiger partial charge in [-0.2, -0.15) is 0 Å². The van der Waals surface area contributed by atoms with E-state index in [4.69, 9.17) is 4.74 Å². The lowest BCUT2D eigenvalue weighted by Crippen LogP contribution is -2.20. The molecule has 0 aliphatic rings. The molecule has 7 nitrogen and oxygen atoms in total. The Bertz CT molecular complexity index is 1440. The molecule has 3 N–H and O–H groups in total. The van der Waals surface area contributed by atoms with Crippen LogP contribution in [0.5, 0.6) is 5.75 Å². The van der Waals surface area contributed by atoms with Crippen molar-refractivity contribution in [2.24, 2.45) is 0 Å². The van der Waals surface area contributed by atoms with Crippen molar-refractivity contribution in [3.8, 4) is 5.75 Å². The van der Waals surface area contributed by atoms with Gasteiger partial charge in [0.25, 0.3) is 0 Å². The zero-order chi connectivity index (χ0) is 22.1. The number of pyridine rings is 1. The number of halogens is 1. The highest BCUT2D eigenvalue weighted by Gasteiger charge is 2.12. The lowest BCUT2D eigenvalue weighted by molar-refractivity contribution is 0.262. The Morgan fingerprint density at radius 1 is 1.09 bits per heavy atom. The van der Waals surface area contributed by atoms with Crippen LogP contribution in [0.4, 0.5) is 20.6 Å². The van der Waals surface area contributed by atoms with Crippen LogP contribution < -0.4 is 15.4 Å². The third kappa shape index (κ3) is 3.62. The molecule has 0 atom stereocenters. The second kappa shape index (κ2) is 8.07. The van der Waals surface area contributed by atoms with E-state index >= 15 is 0 Å². The van der Waals surface area contributed by atoms with Crippen molar-refractivity contribution in [3.63, 3.8) is 0 Å². The molecule has 3 aromatic heterocycles. The van der Waals surface area contributed by atoms with Crippen LogP contribution in [0, 0.1) is 5.82 Å². The number of ether oxygens (including phenoxy) is 1. The average molecular weight is 429 g/mol. The molecule has 5 rings (SSSR count). The quantitative estimate of drug-likeness (QED) is 0.352. The van der Waals surface area contributed by atoms with E-state index in [0.29, 0.717) is 17.9 Å². The second-order valence-corrected chi connectivity index (χ2v) is 7.32. The summed E-state index contributed by atoms with van der Waals surface area (Å²) in [6.07, 6.45) is 5.67. The number of aromatic nitrogens is 3. The molecule has 0 saturated carbocycles. The minimum absolute atomic E-state index is 0.248. The Morgan fingerprint density at radius 3 is 2.84 bits per heavy atom. The van der Waals surface area contributed by atoms with Crippen LogP contribution in [0.15, 0.2) is 73.2 Å². The van der Waals surface area contributed by atoms with Gasteiger partial charge in [0.1, 0.15) is 17.2 Å². The van der Waals surface area contributed by atoms with Gasteiger partial charge in [-0.05, 0) is 48.0 Å². The highest BCUT2D eigenvalue weighted by Crippen LogP contribution is 2.28. The maximum absolute atomic E-state index is 13.4. The summed E-state index contributed by atoms with van der Waals surface area (Å²) in [7, 11) is 1.42. The summed E-state index contributed by atoms with van der Waals surface area (Å²) in [5.74, 6) is -0.192. The number of methoxy groups -OCH3 is 1. The molecule has 32 heavy (non-hydrogen) atoms. The predicted molar refractivity (Wildman–Crippen MR) is 123 cm³/mol. The first kappa shape index (κ1) is 19.6. The SMILES string of the molecule is COc1cc(F)ccc1NC(=O)Nc1cccc2c1ccn2Cc1ccnc2[nH]ccc12. The van der Waals surface area contributed by atoms with Crippen LogP contribution in [-0.4, -0.2) is 27.7 Å². The second-order valence-electron chi connectivity index (χ2n) is 7.32. The molecule has 0 aliphatic carbocycles. The molecular formula is C24H20FN5O2. The van der Waals surface area contributed by atoms with Crippen molar-refractivity contribution in [3.05, 3.63) is 84.6 Å². The maximum atomic E-state index is 13.4. The van der Waals surface area contributed by atoms with Crippen LogP contribution in [0.1, 0.15) is 5.56 Å². The van der Waals surface area contributed by atoms with Gasteiger partial charge in [-0.15, -0.1) is 0 Å². The van der Waals surface area contributed by atoms with Gasteiger partial charge in [0.2, 0.25) is 0 Å². The molecule has 0 unspecified atom stereocenters. The average Bonchev–Trinajstić information content (AvgIpc) is 3.43.